The lowest BCUT2D eigenvalue weighted by molar-refractivity contribution is 0.255. The third-order valence-corrected chi connectivity index (χ3v) is 4.78. The third kappa shape index (κ3) is 4.25. The minimum atomic E-state index is 0.526. The number of nitrogens with one attached hydrogen (secondary N) is 2. The number of allylic oxidation sites excluding steroid dienone is 2. The molecule has 2 aliphatic heterocycles. The van der Waals surface area contributed by atoms with Crippen molar-refractivity contribution in [3.8, 4) is 0 Å². The topological polar surface area (TPSA) is 39.7 Å². The fourth-order valence-electron chi connectivity index (χ4n) is 3.13. The van der Waals surface area contributed by atoms with Gasteiger partial charge in [-0.2, -0.15) is 0 Å². The standard InChI is InChI=1S/C19H32N4/c1-6-8-9-21-19-18(17(12-22-19)14(3)7-2)16(5)23-11-10-20-15(4)13-23/h8-9,12,14-15,20H,6-7,10-11,13H2,1-5H3,(H,21,22)/b9-8+,18-16+. The molecule has 0 bridgehead atoms. The monoisotopic (exact) mass is 316 g/mol. The van der Waals surface area contributed by atoms with Crippen molar-refractivity contribution >= 4 is 5.84 Å². The Morgan fingerprint density at radius 1 is 1.52 bits per heavy atom. The van der Waals surface area contributed by atoms with Crippen LogP contribution in [0.15, 0.2) is 40.3 Å². The average Bonchev–Trinajstić information content (AvgIpc) is 2.97. The van der Waals surface area contributed by atoms with Gasteiger partial charge in [0.25, 0.3) is 0 Å². The first-order valence-electron chi connectivity index (χ1n) is 8.97. The van der Waals surface area contributed by atoms with Crippen LogP contribution in [0, 0.1) is 5.92 Å². The van der Waals surface area contributed by atoms with Crippen LogP contribution in [-0.2, 0) is 0 Å². The lowest BCUT2D eigenvalue weighted by atomic mass is 9.91. The number of amidine groups is 1. The predicted molar refractivity (Wildman–Crippen MR) is 99.3 cm³/mol. The molecule has 4 nitrogen and oxygen atoms in total. The molecule has 0 aromatic carbocycles. The summed E-state index contributed by atoms with van der Waals surface area (Å²) in [7, 11) is 0. The van der Waals surface area contributed by atoms with Crippen LogP contribution >= 0.6 is 0 Å². The van der Waals surface area contributed by atoms with Crippen LogP contribution in [0.3, 0.4) is 0 Å². The summed E-state index contributed by atoms with van der Waals surface area (Å²) < 4.78 is 0. The van der Waals surface area contributed by atoms with Crippen molar-refractivity contribution in [2.45, 2.75) is 53.5 Å². The fourth-order valence-corrected chi connectivity index (χ4v) is 3.13. The second-order valence-electron chi connectivity index (χ2n) is 6.59. The van der Waals surface area contributed by atoms with Crippen LogP contribution in [0.1, 0.15) is 47.5 Å². The van der Waals surface area contributed by atoms with Gasteiger partial charge < -0.3 is 15.5 Å². The zero-order valence-electron chi connectivity index (χ0n) is 15.3. The zero-order chi connectivity index (χ0) is 16.8. The molecule has 1 fully saturated rings. The first kappa shape index (κ1) is 17.8. The summed E-state index contributed by atoms with van der Waals surface area (Å²) >= 11 is 0. The van der Waals surface area contributed by atoms with Gasteiger partial charge in [0, 0.05) is 43.1 Å². The molecular formula is C19H32N4. The first-order chi connectivity index (χ1) is 11.1. The van der Waals surface area contributed by atoms with E-state index in [0.29, 0.717) is 12.0 Å². The molecule has 23 heavy (non-hydrogen) atoms. The van der Waals surface area contributed by atoms with Crippen LogP contribution in [0.4, 0.5) is 0 Å². The summed E-state index contributed by atoms with van der Waals surface area (Å²) in [5.41, 5.74) is 4.01. The molecule has 2 rings (SSSR count). The highest BCUT2D eigenvalue weighted by Gasteiger charge is 2.26. The van der Waals surface area contributed by atoms with E-state index in [1.54, 1.807) is 0 Å². The summed E-state index contributed by atoms with van der Waals surface area (Å²) in [6, 6.07) is 0.532. The zero-order valence-corrected chi connectivity index (χ0v) is 15.3. The fraction of sp³-hybridized carbons (Fsp3) is 0.632. The van der Waals surface area contributed by atoms with Gasteiger partial charge in [-0.25, -0.2) is 4.99 Å². The van der Waals surface area contributed by atoms with E-state index in [0.717, 1.165) is 38.3 Å². The van der Waals surface area contributed by atoms with Gasteiger partial charge in [-0.05, 0) is 44.4 Å². The van der Waals surface area contributed by atoms with Crippen LogP contribution in [0.25, 0.3) is 0 Å². The molecule has 2 N–H and O–H groups in total. The Morgan fingerprint density at radius 2 is 2.30 bits per heavy atom. The molecular weight excluding hydrogens is 284 g/mol. The van der Waals surface area contributed by atoms with Gasteiger partial charge in [-0.3, -0.25) is 0 Å². The van der Waals surface area contributed by atoms with E-state index in [1.807, 2.05) is 6.20 Å². The third-order valence-electron chi connectivity index (χ3n) is 4.78. The minimum absolute atomic E-state index is 0.526. The Labute approximate surface area is 141 Å². The molecule has 0 aromatic rings. The lowest BCUT2D eigenvalue weighted by Gasteiger charge is -2.35. The van der Waals surface area contributed by atoms with Crippen LogP contribution in [-0.4, -0.2) is 36.4 Å². The van der Waals surface area contributed by atoms with E-state index in [4.69, 9.17) is 0 Å². The quantitative estimate of drug-likeness (QED) is 0.816. The number of nitrogens with zero attached hydrogens (tertiary/aromatic N) is 2. The van der Waals surface area contributed by atoms with Gasteiger partial charge in [0.05, 0.1) is 0 Å². The van der Waals surface area contributed by atoms with Crippen LogP contribution in [0.5, 0.6) is 0 Å². The number of hydrogen-bond donors (Lipinski definition) is 2. The highest BCUT2D eigenvalue weighted by Crippen LogP contribution is 2.31. The molecule has 0 amide bonds. The van der Waals surface area contributed by atoms with Crippen molar-refractivity contribution in [1.82, 2.24) is 15.5 Å². The van der Waals surface area contributed by atoms with Crippen LogP contribution < -0.4 is 10.6 Å². The molecule has 0 aromatic heterocycles. The van der Waals surface area contributed by atoms with E-state index in [-0.39, 0.29) is 0 Å². The van der Waals surface area contributed by atoms with Gasteiger partial charge in [0.15, 0.2) is 0 Å². The number of hydrogen-bond acceptors (Lipinski definition) is 4. The molecule has 0 radical (unpaired) electrons. The Hall–Kier alpha value is -1.55. The second-order valence-corrected chi connectivity index (χ2v) is 6.59. The minimum Gasteiger partial charge on any atom is -0.372 e. The molecule has 0 aliphatic carbocycles. The van der Waals surface area contributed by atoms with Crippen LogP contribution in [0.2, 0.25) is 0 Å². The SMILES string of the molecule is CC/C=C/NC1=NC=C(C(C)CC)/C1=C(/C)N1CCNC(C)C1. The Morgan fingerprint density at radius 3 is 2.96 bits per heavy atom. The van der Waals surface area contributed by atoms with Gasteiger partial charge in [0.1, 0.15) is 5.84 Å². The average molecular weight is 316 g/mol. The van der Waals surface area contributed by atoms with Gasteiger partial charge in [-0.15, -0.1) is 0 Å². The Balaban J connectivity index is 2.28. The maximum absolute atomic E-state index is 4.67. The maximum Gasteiger partial charge on any atom is 0.139 e. The summed E-state index contributed by atoms with van der Waals surface area (Å²) in [6.07, 6.45) is 8.36. The number of aliphatic imine (C=N–C) groups is 1. The second kappa shape index (κ2) is 8.34. The smallest absolute Gasteiger partial charge is 0.139 e. The molecule has 4 heteroatoms. The number of rotatable bonds is 5. The lowest BCUT2D eigenvalue weighted by Crippen LogP contribution is -2.48. The van der Waals surface area contributed by atoms with E-state index >= 15 is 0 Å². The van der Waals surface area contributed by atoms with E-state index in [1.165, 1.54) is 16.8 Å². The summed E-state index contributed by atoms with van der Waals surface area (Å²) in [4.78, 5) is 7.17. The van der Waals surface area contributed by atoms with E-state index in [2.05, 4.69) is 67.4 Å². The summed E-state index contributed by atoms with van der Waals surface area (Å²) in [6.45, 7) is 14.3. The van der Waals surface area contributed by atoms with Gasteiger partial charge in [0.2, 0.25) is 0 Å². The highest BCUT2D eigenvalue weighted by molar-refractivity contribution is 6.05. The summed E-state index contributed by atoms with van der Waals surface area (Å²) in [5, 5.41) is 6.91. The van der Waals surface area contributed by atoms with Crippen molar-refractivity contribution < 1.29 is 0 Å². The molecule has 0 spiro atoms. The molecule has 2 heterocycles. The van der Waals surface area contributed by atoms with Crippen molar-refractivity contribution in [2.75, 3.05) is 19.6 Å². The Kier molecular flexibility index (Phi) is 6.46. The molecule has 2 unspecified atom stereocenters. The largest absolute Gasteiger partial charge is 0.372 e. The molecule has 128 valence electrons. The van der Waals surface area contributed by atoms with Crippen molar-refractivity contribution in [3.05, 3.63) is 35.3 Å². The van der Waals surface area contributed by atoms with Crippen molar-refractivity contribution in [3.63, 3.8) is 0 Å². The van der Waals surface area contributed by atoms with Gasteiger partial charge in [-0.1, -0.05) is 26.8 Å². The van der Waals surface area contributed by atoms with Crippen molar-refractivity contribution in [2.24, 2.45) is 10.9 Å². The van der Waals surface area contributed by atoms with Gasteiger partial charge >= 0.3 is 0 Å². The van der Waals surface area contributed by atoms with Crippen molar-refractivity contribution in [1.29, 1.82) is 0 Å². The normalized spacial score (nSPS) is 25.4. The molecule has 0 saturated carbocycles. The van der Waals surface area contributed by atoms with E-state index < -0.39 is 0 Å². The Bertz CT molecular complexity index is 527. The molecule has 2 aliphatic rings. The van der Waals surface area contributed by atoms with E-state index in [9.17, 15) is 0 Å². The maximum atomic E-state index is 4.67. The summed E-state index contributed by atoms with van der Waals surface area (Å²) in [5.74, 6) is 1.52. The molecule has 1 saturated heterocycles. The predicted octanol–water partition coefficient (Wildman–Crippen LogP) is 3.41. The molecule has 2 atom stereocenters. The highest BCUT2D eigenvalue weighted by atomic mass is 15.2. The number of piperazine rings is 1. The first-order valence-corrected chi connectivity index (χ1v) is 8.97.